The average molecular weight is 363 g/mol. The summed E-state index contributed by atoms with van der Waals surface area (Å²) >= 11 is 7.65. The Hall–Kier alpha value is -1.98. The quantitative estimate of drug-likeness (QED) is 0.586. The van der Waals surface area contributed by atoms with Gasteiger partial charge in [0, 0.05) is 17.2 Å². The van der Waals surface area contributed by atoms with E-state index in [1.165, 1.54) is 0 Å². The molecule has 0 radical (unpaired) electrons. The number of amides is 2. The van der Waals surface area contributed by atoms with Crippen molar-refractivity contribution in [1.29, 1.82) is 0 Å². The van der Waals surface area contributed by atoms with Gasteiger partial charge in [-0.05, 0) is 31.2 Å². The Morgan fingerprint density at radius 2 is 1.75 bits per heavy atom. The third-order valence-electron chi connectivity index (χ3n) is 3.27. The van der Waals surface area contributed by atoms with Gasteiger partial charge in [0.25, 0.3) is 5.91 Å². The lowest BCUT2D eigenvalue weighted by Crippen LogP contribution is -2.45. The van der Waals surface area contributed by atoms with Crippen LogP contribution in [0.3, 0.4) is 0 Å². The van der Waals surface area contributed by atoms with Crippen LogP contribution in [0.15, 0.2) is 59.5 Å². The van der Waals surface area contributed by atoms with E-state index >= 15 is 0 Å². The second kappa shape index (κ2) is 9.35. The first-order valence-electron chi connectivity index (χ1n) is 7.59. The molecule has 2 aromatic carbocycles. The highest BCUT2D eigenvalue weighted by Crippen LogP contribution is 2.16. The topological polar surface area (TPSA) is 58.2 Å². The van der Waals surface area contributed by atoms with Crippen molar-refractivity contribution < 1.29 is 9.59 Å². The first-order chi connectivity index (χ1) is 11.6. The van der Waals surface area contributed by atoms with Gasteiger partial charge in [0.15, 0.2) is 0 Å². The van der Waals surface area contributed by atoms with Crippen molar-refractivity contribution in [1.82, 2.24) is 10.6 Å². The molecule has 0 saturated carbocycles. The maximum absolute atomic E-state index is 12.1. The largest absolute Gasteiger partial charge is 0.353 e. The molecule has 0 aromatic heterocycles. The van der Waals surface area contributed by atoms with Crippen molar-refractivity contribution in [2.75, 3.05) is 12.3 Å². The zero-order chi connectivity index (χ0) is 17.4. The molecule has 2 rings (SSSR count). The first kappa shape index (κ1) is 18.4. The number of thioether (sulfide) groups is 1. The van der Waals surface area contributed by atoms with Gasteiger partial charge in [-0.1, -0.05) is 41.9 Å². The van der Waals surface area contributed by atoms with Crippen molar-refractivity contribution in [3.63, 3.8) is 0 Å². The van der Waals surface area contributed by atoms with Crippen LogP contribution in [0, 0.1) is 0 Å². The maximum Gasteiger partial charge on any atom is 0.253 e. The summed E-state index contributed by atoms with van der Waals surface area (Å²) in [7, 11) is 0. The molecule has 0 fully saturated rings. The SMILES string of the molecule is C[C@H](NC(=O)c1ccccc1Cl)C(=O)NCCSc1ccccc1. The predicted molar refractivity (Wildman–Crippen MR) is 98.6 cm³/mol. The number of rotatable bonds is 7. The molecular formula is C18H19ClN2O2S. The number of benzene rings is 2. The van der Waals surface area contributed by atoms with Gasteiger partial charge in [0.1, 0.15) is 6.04 Å². The zero-order valence-electron chi connectivity index (χ0n) is 13.3. The summed E-state index contributed by atoms with van der Waals surface area (Å²) < 4.78 is 0. The van der Waals surface area contributed by atoms with Gasteiger partial charge < -0.3 is 10.6 Å². The van der Waals surface area contributed by atoms with E-state index in [1.807, 2.05) is 30.3 Å². The number of halogens is 1. The van der Waals surface area contributed by atoms with E-state index in [2.05, 4.69) is 10.6 Å². The smallest absolute Gasteiger partial charge is 0.253 e. The molecule has 0 heterocycles. The van der Waals surface area contributed by atoms with Crippen LogP contribution in [0.1, 0.15) is 17.3 Å². The van der Waals surface area contributed by atoms with Crippen molar-refractivity contribution in [3.05, 3.63) is 65.2 Å². The molecule has 0 saturated heterocycles. The van der Waals surface area contributed by atoms with Gasteiger partial charge >= 0.3 is 0 Å². The molecule has 0 spiro atoms. The molecule has 2 N–H and O–H groups in total. The van der Waals surface area contributed by atoms with Gasteiger partial charge in [-0.15, -0.1) is 11.8 Å². The van der Waals surface area contributed by atoms with E-state index in [1.54, 1.807) is 43.0 Å². The number of carbonyl (C=O) groups is 2. The van der Waals surface area contributed by atoms with Gasteiger partial charge in [0.2, 0.25) is 5.91 Å². The lowest BCUT2D eigenvalue weighted by molar-refractivity contribution is -0.122. The predicted octanol–water partition coefficient (Wildman–Crippen LogP) is 3.37. The summed E-state index contributed by atoms with van der Waals surface area (Å²) in [5.41, 5.74) is 0.360. The molecule has 0 aliphatic carbocycles. The molecule has 24 heavy (non-hydrogen) atoms. The van der Waals surface area contributed by atoms with Crippen molar-refractivity contribution >= 4 is 35.2 Å². The average Bonchev–Trinajstić information content (AvgIpc) is 2.59. The number of nitrogens with one attached hydrogen (secondary N) is 2. The lowest BCUT2D eigenvalue weighted by atomic mass is 10.2. The Kier molecular flexibility index (Phi) is 7.15. The van der Waals surface area contributed by atoms with Gasteiger partial charge in [0.05, 0.1) is 10.6 Å². The molecular weight excluding hydrogens is 344 g/mol. The molecule has 1 atom stereocenters. The third-order valence-corrected chi connectivity index (χ3v) is 4.62. The minimum absolute atomic E-state index is 0.218. The number of hydrogen-bond donors (Lipinski definition) is 2. The van der Waals surface area contributed by atoms with E-state index in [0.29, 0.717) is 17.1 Å². The van der Waals surface area contributed by atoms with Crippen LogP contribution >= 0.6 is 23.4 Å². The van der Waals surface area contributed by atoms with E-state index in [-0.39, 0.29) is 11.8 Å². The molecule has 2 aromatic rings. The van der Waals surface area contributed by atoms with Gasteiger partial charge in [-0.2, -0.15) is 0 Å². The minimum Gasteiger partial charge on any atom is -0.353 e. The van der Waals surface area contributed by atoms with Crippen LogP contribution in [-0.4, -0.2) is 30.2 Å². The number of hydrogen-bond acceptors (Lipinski definition) is 3. The molecule has 2 amide bonds. The molecule has 0 aliphatic rings. The van der Waals surface area contributed by atoms with E-state index in [0.717, 1.165) is 10.6 Å². The van der Waals surface area contributed by atoms with E-state index in [9.17, 15) is 9.59 Å². The second-order valence-corrected chi connectivity index (χ2v) is 6.70. The normalized spacial score (nSPS) is 11.6. The standard InChI is InChI=1S/C18H19ClN2O2S/c1-13(21-18(23)15-9-5-6-10-16(15)19)17(22)20-11-12-24-14-7-3-2-4-8-14/h2-10,13H,11-12H2,1H3,(H,20,22)(H,21,23)/t13-/m0/s1. The Bertz CT molecular complexity index is 694. The Labute approximate surface area is 151 Å². The van der Waals surface area contributed by atoms with E-state index < -0.39 is 6.04 Å². The zero-order valence-corrected chi connectivity index (χ0v) is 14.9. The summed E-state index contributed by atoms with van der Waals surface area (Å²) in [6.45, 7) is 2.18. The molecule has 4 nitrogen and oxygen atoms in total. The van der Waals surface area contributed by atoms with Crippen LogP contribution in [0.25, 0.3) is 0 Å². The lowest BCUT2D eigenvalue weighted by Gasteiger charge is -2.14. The second-order valence-electron chi connectivity index (χ2n) is 5.13. The Morgan fingerprint density at radius 3 is 2.46 bits per heavy atom. The van der Waals surface area contributed by atoms with Crippen molar-refractivity contribution in [2.24, 2.45) is 0 Å². The maximum atomic E-state index is 12.1. The molecule has 126 valence electrons. The van der Waals surface area contributed by atoms with Crippen molar-refractivity contribution in [3.8, 4) is 0 Å². The van der Waals surface area contributed by atoms with Crippen molar-refractivity contribution in [2.45, 2.75) is 17.9 Å². The van der Waals surface area contributed by atoms with Gasteiger partial charge in [-0.25, -0.2) is 0 Å². The highest BCUT2D eigenvalue weighted by atomic mass is 35.5. The van der Waals surface area contributed by atoms with Crippen LogP contribution < -0.4 is 10.6 Å². The highest BCUT2D eigenvalue weighted by molar-refractivity contribution is 7.99. The number of carbonyl (C=O) groups excluding carboxylic acids is 2. The Morgan fingerprint density at radius 1 is 1.08 bits per heavy atom. The summed E-state index contributed by atoms with van der Waals surface area (Å²) in [6, 6.07) is 16.1. The molecule has 0 aliphatic heterocycles. The van der Waals surface area contributed by atoms with E-state index in [4.69, 9.17) is 11.6 Å². The minimum atomic E-state index is -0.629. The Balaban J connectivity index is 1.74. The fraction of sp³-hybridized carbons (Fsp3) is 0.222. The van der Waals surface area contributed by atoms with Crippen LogP contribution in [0.4, 0.5) is 0 Å². The summed E-state index contributed by atoms with van der Waals surface area (Å²) in [5, 5.41) is 5.83. The molecule has 6 heteroatoms. The van der Waals surface area contributed by atoms with Crippen LogP contribution in [0.5, 0.6) is 0 Å². The third kappa shape index (κ3) is 5.58. The summed E-state index contributed by atoms with van der Waals surface area (Å²) in [6.07, 6.45) is 0. The fourth-order valence-corrected chi connectivity index (χ4v) is 3.01. The molecule has 0 bridgehead atoms. The van der Waals surface area contributed by atoms with Crippen LogP contribution in [-0.2, 0) is 4.79 Å². The fourth-order valence-electron chi connectivity index (χ4n) is 2.00. The first-order valence-corrected chi connectivity index (χ1v) is 8.95. The molecule has 0 unspecified atom stereocenters. The summed E-state index contributed by atoms with van der Waals surface area (Å²) in [4.78, 5) is 25.3. The van der Waals surface area contributed by atoms with Crippen LogP contribution in [0.2, 0.25) is 5.02 Å². The highest BCUT2D eigenvalue weighted by Gasteiger charge is 2.17. The monoisotopic (exact) mass is 362 g/mol. The summed E-state index contributed by atoms with van der Waals surface area (Å²) in [5.74, 6) is 0.187. The van der Waals surface area contributed by atoms with Gasteiger partial charge in [-0.3, -0.25) is 9.59 Å².